The highest BCUT2D eigenvalue weighted by Crippen LogP contribution is 2.22. The Morgan fingerprint density at radius 1 is 1.43 bits per heavy atom. The fraction of sp³-hybridized carbons (Fsp3) is 0.154. The summed E-state index contributed by atoms with van der Waals surface area (Å²) in [5.74, 6) is -0.700. The first-order valence-corrected chi connectivity index (χ1v) is 7.81. The highest BCUT2D eigenvalue weighted by molar-refractivity contribution is 9.10. The number of amides is 1. The van der Waals surface area contributed by atoms with Gasteiger partial charge in [-0.15, -0.1) is 11.3 Å². The van der Waals surface area contributed by atoms with Crippen molar-refractivity contribution in [3.63, 3.8) is 0 Å². The molecule has 1 aromatic heterocycles. The van der Waals surface area contributed by atoms with Crippen LogP contribution in [0.5, 0.6) is 0 Å². The van der Waals surface area contributed by atoms with Gasteiger partial charge in [0, 0.05) is 20.4 Å². The zero-order chi connectivity index (χ0) is 15.4. The van der Waals surface area contributed by atoms with Gasteiger partial charge in [0.25, 0.3) is 5.91 Å². The number of carbonyl (C=O) groups is 2. The Morgan fingerprint density at radius 3 is 2.86 bits per heavy atom. The standard InChI is InChI=1S/C13H10BrClN2O3S/c1-20-11(18)5-10-6-21-13(16-10)17-12(19)7-2-8(14)4-9(15)3-7/h2-4,6H,5H2,1H3,(H,16,17,19). The van der Waals surface area contributed by atoms with Gasteiger partial charge in [-0.3, -0.25) is 14.9 Å². The molecule has 1 aromatic carbocycles. The molecule has 0 radical (unpaired) electrons. The number of benzene rings is 1. The number of ether oxygens (including phenoxy) is 1. The molecule has 0 bridgehead atoms. The molecule has 21 heavy (non-hydrogen) atoms. The molecule has 0 atom stereocenters. The zero-order valence-electron chi connectivity index (χ0n) is 10.9. The lowest BCUT2D eigenvalue weighted by Gasteiger charge is -2.03. The zero-order valence-corrected chi connectivity index (χ0v) is 14.0. The van der Waals surface area contributed by atoms with Gasteiger partial charge in [-0.2, -0.15) is 0 Å². The van der Waals surface area contributed by atoms with Crippen LogP contribution in [0, 0.1) is 0 Å². The Balaban J connectivity index is 2.07. The molecule has 8 heteroatoms. The molecule has 0 saturated heterocycles. The summed E-state index contributed by atoms with van der Waals surface area (Å²) in [6.45, 7) is 0. The third-order valence-electron chi connectivity index (χ3n) is 2.45. The van der Waals surface area contributed by atoms with Crippen LogP contribution >= 0.6 is 38.9 Å². The summed E-state index contributed by atoms with van der Waals surface area (Å²) in [6, 6.07) is 4.91. The second kappa shape index (κ2) is 7.02. The van der Waals surface area contributed by atoms with E-state index in [4.69, 9.17) is 11.6 Å². The number of aromatic nitrogens is 1. The molecule has 1 heterocycles. The first kappa shape index (κ1) is 15.9. The second-order valence-corrected chi connectivity index (χ2v) is 6.22. The lowest BCUT2D eigenvalue weighted by atomic mass is 10.2. The largest absolute Gasteiger partial charge is 0.469 e. The molecule has 0 saturated carbocycles. The van der Waals surface area contributed by atoms with Crippen molar-refractivity contribution in [1.29, 1.82) is 0 Å². The summed E-state index contributed by atoms with van der Waals surface area (Å²) in [7, 11) is 1.31. The van der Waals surface area contributed by atoms with Crippen LogP contribution < -0.4 is 5.32 Å². The van der Waals surface area contributed by atoms with Crippen LogP contribution in [0.4, 0.5) is 5.13 Å². The van der Waals surface area contributed by atoms with Crippen LogP contribution in [0.15, 0.2) is 28.1 Å². The molecule has 2 rings (SSSR count). The van der Waals surface area contributed by atoms with Gasteiger partial charge in [0.15, 0.2) is 5.13 Å². The maximum Gasteiger partial charge on any atom is 0.311 e. The number of methoxy groups -OCH3 is 1. The van der Waals surface area contributed by atoms with Gasteiger partial charge in [-0.25, -0.2) is 4.98 Å². The quantitative estimate of drug-likeness (QED) is 0.812. The Hall–Kier alpha value is -1.44. The van der Waals surface area contributed by atoms with Crippen LogP contribution in [0.25, 0.3) is 0 Å². The van der Waals surface area contributed by atoms with E-state index in [0.717, 1.165) is 0 Å². The van der Waals surface area contributed by atoms with E-state index in [-0.39, 0.29) is 18.3 Å². The minimum atomic E-state index is -0.378. The number of hydrogen-bond donors (Lipinski definition) is 1. The molecule has 1 N–H and O–H groups in total. The molecule has 110 valence electrons. The van der Waals surface area contributed by atoms with Gasteiger partial charge in [0.05, 0.1) is 19.2 Å². The van der Waals surface area contributed by atoms with Crippen molar-refractivity contribution < 1.29 is 14.3 Å². The summed E-state index contributed by atoms with van der Waals surface area (Å²) in [5.41, 5.74) is 0.966. The number of rotatable bonds is 4. The number of carbonyl (C=O) groups excluding carboxylic acids is 2. The van der Waals surface area contributed by atoms with Crippen molar-refractivity contribution in [2.45, 2.75) is 6.42 Å². The SMILES string of the molecule is COC(=O)Cc1csc(NC(=O)c2cc(Cl)cc(Br)c2)n1. The number of anilines is 1. The number of nitrogens with one attached hydrogen (secondary N) is 1. The first-order chi connectivity index (χ1) is 9.97. The Labute approximate surface area is 138 Å². The van der Waals surface area contributed by atoms with Gasteiger partial charge < -0.3 is 4.74 Å². The van der Waals surface area contributed by atoms with Crippen molar-refractivity contribution in [1.82, 2.24) is 4.98 Å². The average molecular weight is 390 g/mol. The molecule has 0 fully saturated rings. The van der Waals surface area contributed by atoms with Gasteiger partial charge in [-0.05, 0) is 18.2 Å². The summed E-state index contributed by atoms with van der Waals surface area (Å²) in [6.07, 6.45) is 0.0750. The Bertz CT molecular complexity index is 670. The van der Waals surface area contributed by atoms with Crippen LogP contribution in [0.2, 0.25) is 5.02 Å². The summed E-state index contributed by atoms with van der Waals surface area (Å²) in [4.78, 5) is 27.4. The lowest BCUT2D eigenvalue weighted by molar-refractivity contribution is -0.139. The highest BCUT2D eigenvalue weighted by Gasteiger charge is 2.12. The van der Waals surface area contributed by atoms with Crippen molar-refractivity contribution >= 4 is 55.9 Å². The van der Waals surface area contributed by atoms with E-state index in [0.29, 0.717) is 25.9 Å². The number of esters is 1. The lowest BCUT2D eigenvalue weighted by Crippen LogP contribution is -2.12. The molecule has 0 aliphatic carbocycles. The summed E-state index contributed by atoms with van der Waals surface area (Å²) in [5, 5.41) is 5.23. The number of thiazole rings is 1. The Morgan fingerprint density at radius 2 is 2.19 bits per heavy atom. The third kappa shape index (κ3) is 4.52. The molecular weight excluding hydrogens is 380 g/mol. The molecule has 0 spiro atoms. The van der Waals surface area contributed by atoms with Crippen LogP contribution in [0.3, 0.4) is 0 Å². The van der Waals surface area contributed by atoms with E-state index in [2.05, 4.69) is 31.0 Å². The predicted octanol–water partition coefficient (Wildman–Crippen LogP) is 3.53. The maximum atomic E-state index is 12.1. The maximum absolute atomic E-state index is 12.1. The molecule has 2 aromatic rings. The molecule has 0 aliphatic heterocycles. The summed E-state index contributed by atoms with van der Waals surface area (Å²) >= 11 is 10.4. The molecule has 5 nitrogen and oxygen atoms in total. The van der Waals surface area contributed by atoms with Gasteiger partial charge in [0.2, 0.25) is 0 Å². The number of hydrogen-bond acceptors (Lipinski definition) is 5. The van der Waals surface area contributed by atoms with Crippen molar-refractivity contribution in [3.8, 4) is 0 Å². The van der Waals surface area contributed by atoms with E-state index < -0.39 is 0 Å². The highest BCUT2D eigenvalue weighted by atomic mass is 79.9. The van der Waals surface area contributed by atoms with Gasteiger partial charge in [0.1, 0.15) is 0 Å². The minimum Gasteiger partial charge on any atom is -0.469 e. The van der Waals surface area contributed by atoms with E-state index in [1.807, 2.05) is 0 Å². The van der Waals surface area contributed by atoms with Gasteiger partial charge >= 0.3 is 5.97 Å². The van der Waals surface area contributed by atoms with Crippen LogP contribution in [-0.2, 0) is 16.0 Å². The number of nitrogens with zero attached hydrogens (tertiary/aromatic N) is 1. The molecule has 0 aliphatic rings. The van der Waals surface area contributed by atoms with Crippen LogP contribution in [0.1, 0.15) is 16.1 Å². The van der Waals surface area contributed by atoms with E-state index >= 15 is 0 Å². The predicted molar refractivity (Wildman–Crippen MR) is 84.9 cm³/mol. The Kier molecular flexibility index (Phi) is 5.33. The molecule has 0 unspecified atom stereocenters. The van der Waals surface area contributed by atoms with Crippen LogP contribution in [-0.4, -0.2) is 24.0 Å². The minimum absolute atomic E-state index is 0.0750. The molecule has 1 amide bonds. The smallest absolute Gasteiger partial charge is 0.311 e. The van der Waals surface area contributed by atoms with E-state index in [1.165, 1.54) is 18.4 Å². The van der Waals surface area contributed by atoms with Gasteiger partial charge in [-0.1, -0.05) is 27.5 Å². The molecular formula is C13H10BrClN2O3S. The van der Waals surface area contributed by atoms with E-state index in [1.54, 1.807) is 23.6 Å². The summed E-state index contributed by atoms with van der Waals surface area (Å²) < 4.78 is 5.27. The van der Waals surface area contributed by atoms with Crippen molar-refractivity contribution in [2.75, 3.05) is 12.4 Å². The monoisotopic (exact) mass is 388 g/mol. The van der Waals surface area contributed by atoms with Crippen molar-refractivity contribution in [3.05, 3.63) is 44.3 Å². The second-order valence-electron chi connectivity index (χ2n) is 4.01. The first-order valence-electron chi connectivity index (χ1n) is 5.76. The fourth-order valence-corrected chi connectivity index (χ4v) is 3.09. The fourth-order valence-electron chi connectivity index (χ4n) is 1.52. The normalized spacial score (nSPS) is 10.2. The van der Waals surface area contributed by atoms with Crippen molar-refractivity contribution in [2.24, 2.45) is 0 Å². The average Bonchev–Trinajstić information content (AvgIpc) is 2.84. The van der Waals surface area contributed by atoms with E-state index in [9.17, 15) is 9.59 Å². The number of halogens is 2. The topological polar surface area (TPSA) is 68.3 Å². The third-order valence-corrected chi connectivity index (χ3v) is 3.93.